The van der Waals surface area contributed by atoms with Crippen LogP contribution in [0.3, 0.4) is 0 Å². The van der Waals surface area contributed by atoms with Gasteiger partial charge in [0.2, 0.25) is 0 Å². The summed E-state index contributed by atoms with van der Waals surface area (Å²) in [4.78, 5) is 0. The number of rotatable bonds is 1. The molecule has 2 rings (SSSR count). The van der Waals surface area contributed by atoms with Gasteiger partial charge >= 0.3 is 0 Å². The molecule has 0 saturated carbocycles. The van der Waals surface area contributed by atoms with Crippen LogP contribution < -0.4 is 15.2 Å². The molecule has 0 saturated heterocycles. The van der Waals surface area contributed by atoms with Crippen LogP contribution in [0.4, 0.5) is 0 Å². The molecule has 0 spiro atoms. The third kappa shape index (κ3) is 1.91. The predicted molar refractivity (Wildman–Crippen MR) is 56.0 cm³/mol. The summed E-state index contributed by atoms with van der Waals surface area (Å²) in [6.45, 7) is 0.526. The molecule has 4 nitrogen and oxygen atoms in total. The highest BCUT2D eigenvalue weighted by atomic mass is 16.5. The van der Waals surface area contributed by atoms with Crippen molar-refractivity contribution in [3.8, 4) is 11.5 Å². The number of nitrogens with two attached hydrogens (primary N) is 1. The van der Waals surface area contributed by atoms with E-state index in [4.69, 9.17) is 15.2 Å². The van der Waals surface area contributed by atoms with Gasteiger partial charge in [-0.3, -0.25) is 0 Å². The maximum Gasteiger partial charge on any atom is 0.128 e. The molecule has 2 atom stereocenters. The van der Waals surface area contributed by atoms with Gasteiger partial charge in [-0.1, -0.05) is 0 Å². The van der Waals surface area contributed by atoms with Crippen molar-refractivity contribution in [3.05, 3.63) is 23.8 Å². The molecule has 1 aliphatic rings. The zero-order valence-electron chi connectivity index (χ0n) is 8.64. The molecule has 0 aliphatic carbocycles. The molecule has 0 fully saturated rings. The first-order valence-corrected chi connectivity index (χ1v) is 4.96. The van der Waals surface area contributed by atoms with Crippen molar-refractivity contribution in [1.29, 1.82) is 0 Å². The van der Waals surface area contributed by atoms with E-state index in [0.29, 0.717) is 18.8 Å². The van der Waals surface area contributed by atoms with Crippen LogP contribution in [-0.2, 0) is 0 Å². The van der Waals surface area contributed by atoms with Crippen molar-refractivity contribution in [2.75, 3.05) is 13.7 Å². The van der Waals surface area contributed by atoms with Gasteiger partial charge in [0.15, 0.2) is 0 Å². The summed E-state index contributed by atoms with van der Waals surface area (Å²) in [6, 6.07) is 5.10. The fraction of sp³-hybridized carbons (Fsp3) is 0.455. The number of fused-ring (bicyclic) bond motifs is 1. The van der Waals surface area contributed by atoms with Gasteiger partial charge in [-0.15, -0.1) is 0 Å². The van der Waals surface area contributed by atoms with Crippen LogP contribution in [0.1, 0.15) is 18.1 Å². The standard InChI is InChI=1S/C11H15NO3/c1-14-7-2-3-8-10(6-7)15-5-4-9(12)11(8)13/h2-3,6,9,11,13H,4-5,12H2,1H3/t9-,11-/m1/s1. The lowest BCUT2D eigenvalue weighted by atomic mass is 10.0. The van der Waals surface area contributed by atoms with Crippen molar-refractivity contribution in [2.24, 2.45) is 5.73 Å². The zero-order valence-corrected chi connectivity index (χ0v) is 8.64. The van der Waals surface area contributed by atoms with E-state index in [2.05, 4.69) is 0 Å². The minimum absolute atomic E-state index is 0.264. The lowest BCUT2D eigenvalue weighted by Crippen LogP contribution is -2.28. The van der Waals surface area contributed by atoms with Crippen LogP contribution in [0, 0.1) is 0 Å². The number of hydrogen-bond donors (Lipinski definition) is 2. The fourth-order valence-electron chi connectivity index (χ4n) is 1.70. The fourth-order valence-corrected chi connectivity index (χ4v) is 1.70. The van der Waals surface area contributed by atoms with Crippen molar-refractivity contribution in [2.45, 2.75) is 18.6 Å². The van der Waals surface area contributed by atoms with E-state index in [1.54, 1.807) is 25.3 Å². The van der Waals surface area contributed by atoms with Gasteiger partial charge in [0.1, 0.15) is 11.5 Å². The number of benzene rings is 1. The van der Waals surface area contributed by atoms with Gasteiger partial charge in [-0.2, -0.15) is 0 Å². The van der Waals surface area contributed by atoms with Gasteiger partial charge in [0, 0.05) is 17.7 Å². The van der Waals surface area contributed by atoms with E-state index in [1.807, 2.05) is 0 Å². The van der Waals surface area contributed by atoms with Crippen LogP contribution in [0.25, 0.3) is 0 Å². The van der Waals surface area contributed by atoms with Crippen LogP contribution in [0.2, 0.25) is 0 Å². The molecule has 4 heteroatoms. The molecule has 1 heterocycles. The molecule has 0 aromatic heterocycles. The Labute approximate surface area is 88.6 Å². The smallest absolute Gasteiger partial charge is 0.128 e. The summed E-state index contributed by atoms with van der Waals surface area (Å²) < 4.78 is 10.6. The molecule has 15 heavy (non-hydrogen) atoms. The minimum atomic E-state index is -0.659. The summed E-state index contributed by atoms with van der Waals surface area (Å²) in [6.07, 6.45) is -0.00793. The van der Waals surface area contributed by atoms with Gasteiger partial charge in [-0.25, -0.2) is 0 Å². The van der Waals surface area contributed by atoms with Crippen molar-refractivity contribution >= 4 is 0 Å². The molecule has 3 N–H and O–H groups in total. The first-order valence-electron chi connectivity index (χ1n) is 4.96. The molecule has 1 aromatic rings. The largest absolute Gasteiger partial charge is 0.497 e. The van der Waals surface area contributed by atoms with E-state index in [-0.39, 0.29) is 6.04 Å². The number of ether oxygens (including phenoxy) is 2. The average molecular weight is 209 g/mol. The first kappa shape index (κ1) is 10.3. The molecule has 82 valence electrons. The molecule has 0 amide bonds. The highest BCUT2D eigenvalue weighted by Crippen LogP contribution is 2.33. The molecular weight excluding hydrogens is 194 g/mol. The van der Waals surface area contributed by atoms with E-state index >= 15 is 0 Å². The highest BCUT2D eigenvalue weighted by molar-refractivity contribution is 5.43. The van der Waals surface area contributed by atoms with E-state index in [1.165, 1.54) is 0 Å². The lowest BCUT2D eigenvalue weighted by Gasteiger charge is -2.16. The van der Waals surface area contributed by atoms with Gasteiger partial charge < -0.3 is 20.3 Å². The molecule has 1 aliphatic heterocycles. The highest BCUT2D eigenvalue weighted by Gasteiger charge is 2.24. The molecule has 0 bridgehead atoms. The SMILES string of the molecule is COc1ccc2c(c1)OCC[C@@H](N)[C@@H]2O. The Morgan fingerprint density at radius 2 is 2.33 bits per heavy atom. The Balaban J connectivity index is 2.39. The zero-order chi connectivity index (χ0) is 10.8. The van der Waals surface area contributed by atoms with E-state index < -0.39 is 6.10 Å². The number of aliphatic hydroxyl groups excluding tert-OH is 1. The maximum atomic E-state index is 9.93. The van der Waals surface area contributed by atoms with E-state index in [9.17, 15) is 5.11 Å². The normalized spacial score (nSPS) is 25.0. The second kappa shape index (κ2) is 4.08. The Morgan fingerprint density at radius 3 is 3.07 bits per heavy atom. The summed E-state index contributed by atoms with van der Waals surface area (Å²) in [5, 5.41) is 9.93. The molecule has 0 unspecified atom stereocenters. The lowest BCUT2D eigenvalue weighted by molar-refractivity contribution is 0.145. The molecule has 0 radical (unpaired) electrons. The number of methoxy groups -OCH3 is 1. The minimum Gasteiger partial charge on any atom is -0.497 e. The third-order valence-electron chi connectivity index (χ3n) is 2.65. The second-order valence-corrected chi connectivity index (χ2v) is 3.65. The van der Waals surface area contributed by atoms with Crippen molar-refractivity contribution in [3.63, 3.8) is 0 Å². The first-order chi connectivity index (χ1) is 7.22. The van der Waals surface area contributed by atoms with Crippen LogP contribution >= 0.6 is 0 Å². The number of hydrogen-bond acceptors (Lipinski definition) is 4. The third-order valence-corrected chi connectivity index (χ3v) is 2.65. The molecule has 1 aromatic carbocycles. The quantitative estimate of drug-likeness (QED) is 0.719. The summed E-state index contributed by atoms with van der Waals surface area (Å²) in [5.41, 5.74) is 6.54. The van der Waals surface area contributed by atoms with Gasteiger partial charge in [-0.05, 0) is 18.6 Å². The monoisotopic (exact) mass is 209 g/mol. The second-order valence-electron chi connectivity index (χ2n) is 3.65. The Hall–Kier alpha value is -1.26. The topological polar surface area (TPSA) is 64.7 Å². The van der Waals surface area contributed by atoms with E-state index in [0.717, 1.165) is 11.3 Å². The summed E-state index contributed by atoms with van der Waals surface area (Å²) in [5.74, 6) is 1.38. The Morgan fingerprint density at radius 1 is 1.53 bits per heavy atom. The van der Waals surface area contributed by atoms with Gasteiger partial charge in [0.25, 0.3) is 0 Å². The van der Waals surface area contributed by atoms with Crippen LogP contribution in [-0.4, -0.2) is 24.9 Å². The van der Waals surface area contributed by atoms with Gasteiger partial charge in [0.05, 0.1) is 19.8 Å². The predicted octanol–water partition coefficient (Wildman–Crippen LogP) is 0.838. The summed E-state index contributed by atoms with van der Waals surface area (Å²) >= 11 is 0. The van der Waals surface area contributed by atoms with Crippen molar-refractivity contribution in [1.82, 2.24) is 0 Å². The number of aliphatic hydroxyl groups is 1. The average Bonchev–Trinajstić information content (AvgIpc) is 2.40. The summed E-state index contributed by atoms with van der Waals surface area (Å²) in [7, 11) is 1.60. The molecular formula is C11H15NO3. The van der Waals surface area contributed by atoms with Crippen LogP contribution in [0.5, 0.6) is 11.5 Å². The van der Waals surface area contributed by atoms with Crippen LogP contribution in [0.15, 0.2) is 18.2 Å². The van der Waals surface area contributed by atoms with Crippen molar-refractivity contribution < 1.29 is 14.6 Å². The maximum absolute atomic E-state index is 9.93. The Bertz CT molecular complexity index is 354. The Kier molecular flexibility index (Phi) is 2.79.